The van der Waals surface area contributed by atoms with E-state index < -0.39 is 0 Å². The minimum atomic E-state index is -0.155. The Labute approximate surface area is 406 Å². The first-order valence-corrected chi connectivity index (χ1v) is 24.9. The maximum absolute atomic E-state index is 6.49. The number of furan rings is 1. The first-order chi connectivity index (χ1) is 33.7. The number of hydrogen-bond donors (Lipinski definition) is 0. The molecule has 0 radical (unpaired) electrons. The van der Waals surface area contributed by atoms with Gasteiger partial charge in [0.1, 0.15) is 11.2 Å². The summed E-state index contributed by atoms with van der Waals surface area (Å²) in [7, 11) is 0. The second kappa shape index (κ2) is 14.8. The van der Waals surface area contributed by atoms with Crippen LogP contribution in [0.4, 0.5) is 17.1 Å². The van der Waals surface area contributed by atoms with Crippen LogP contribution in [0.25, 0.3) is 97.7 Å². The van der Waals surface area contributed by atoms with E-state index in [4.69, 9.17) is 4.42 Å². The molecule has 0 unspecified atom stereocenters. The standard InChI is InChI=1S/C66H47NOS/c1-65(2)57-17-8-5-12-49(57)50-34-31-47(39-60(50)65)67(46-29-22-41(23-30-46)43-24-33-54-53-14-7-10-19-62(53)69-63(54)38-43)45-27-20-40(21-28-45)42-26-35-58-56(36-42)51-32-25-44(37-59(51)66(58,3)4)48-15-11-16-55-52-13-6-9-18-61(52)68-64(48)55/h5-39H,1-4H3. The summed E-state index contributed by atoms with van der Waals surface area (Å²) in [6.45, 7) is 9.45. The van der Waals surface area contributed by atoms with E-state index in [0.717, 1.165) is 44.6 Å². The predicted octanol–water partition coefficient (Wildman–Crippen LogP) is 19.0. The number of nitrogens with zero attached hydrogens (tertiary/aromatic N) is 1. The topological polar surface area (TPSA) is 16.4 Å². The van der Waals surface area contributed by atoms with Crippen LogP contribution >= 0.6 is 11.3 Å². The predicted molar refractivity (Wildman–Crippen MR) is 293 cm³/mol. The zero-order chi connectivity index (χ0) is 46.2. The van der Waals surface area contributed by atoms with E-state index in [1.54, 1.807) is 0 Å². The van der Waals surface area contributed by atoms with Gasteiger partial charge in [0.2, 0.25) is 0 Å². The Hall–Kier alpha value is -7.98. The number of anilines is 3. The Bertz CT molecular complexity index is 4070. The zero-order valence-electron chi connectivity index (χ0n) is 39.0. The van der Waals surface area contributed by atoms with Crippen molar-refractivity contribution in [3.05, 3.63) is 235 Å². The highest BCUT2D eigenvalue weighted by Crippen LogP contribution is 2.53. The SMILES string of the molecule is CC1(C)c2ccc(-c3ccc(N(c4ccc(-c5ccc6c(c5)sc5ccccc56)cc4)c4ccc5c(c4)C(C)(C)c4ccccc4-5)cc3)cc2-c2ccc(-c3cccc4c3oc3ccccc34)cc21. The van der Waals surface area contributed by atoms with Crippen LogP contribution in [0.3, 0.4) is 0 Å². The lowest BCUT2D eigenvalue weighted by Gasteiger charge is -2.28. The Morgan fingerprint density at radius 2 is 0.870 bits per heavy atom. The van der Waals surface area contributed by atoms with Gasteiger partial charge in [-0.1, -0.05) is 173 Å². The highest BCUT2D eigenvalue weighted by molar-refractivity contribution is 7.25. The highest BCUT2D eigenvalue weighted by Gasteiger charge is 2.37. The number of fused-ring (bicyclic) bond motifs is 12. The summed E-state index contributed by atoms with van der Waals surface area (Å²) in [6.07, 6.45) is 0. The molecule has 0 spiro atoms. The van der Waals surface area contributed by atoms with E-state index in [1.165, 1.54) is 92.5 Å². The zero-order valence-corrected chi connectivity index (χ0v) is 39.8. The first kappa shape index (κ1) is 40.1. The molecule has 2 nitrogen and oxygen atoms in total. The number of benzene rings is 10. The van der Waals surface area contributed by atoms with Crippen molar-refractivity contribution >= 4 is 70.5 Å². The smallest absolute Gasteiger partial charge is 0.143 e. The lowest BCUT2D eigenvalue weighted by Crippen LogP contribution is -2.16. The molecule has 2 aliphatic carbocycles. The van der Waals surface area contributed by atoms with Crippen LogP contribution in [0.15, 0.2) is 217 Å². The quantitative estimate of drug-likeness (QED) is 0.165. The van der Waals surface area contributed by atoms with Crippen LogP contribution in [0.5, 0.6) is 0 Å². The molecule has 0 amide bonds. The molecule has 69 heavy (non-hydrogen) atoms. The van der Waals surface area contributed by atoms with Gasteiger partial charge in [-0.05, 0) is 139 Å². The van der Waals surface area contributed by atoms with Crippen LogP contribution in [0, 0.1) is 0 Å². The van der Waals surface area contributed by atoms with Gasteiger partial charge in [0, 0.05) is 64.4 Å². The van der Waals surface area contributed by atoms with E-state index in [0.29, 0.717) is 0 Å². The lowest BCUT2D eigenvalue weighted by atomic mass is 9.81. The molecule has 10 aromatic carbocycles. The summed E-state index contributed by atoms with van der Waals surface area (Å²) >= 11 is 1.87. The molecule has 14 rings (SSSR count). The number of rotatable bonds is 6. The monoisotopic (exact) mass is 901 g/mol. The highest BCUT2D eigenvalue weighted by atomic mass is 32.1. The van der Waals surface area contributed by atoms with Crippen molar-refractivity contribution in [3.8, 4) is 55.6 Å². The molecule has 2 aliphatic rings. The van der Waals surface area contributed by atoms with E-state index in [9.17, 15) is 0 Å². The molecular formula is C66H47NOS. The average Bonchev–Trinajstić information content (AvgIpc) is 4.09. The third-order valence-corrected chi connectivity index (χ3v) is 16.6. The fourth-order valence-corrected chi connectivity index (χ4v) is 13.0. The minimum Gasteiger partial charge on any atom is -0.455 e. The summed E-state index contributed by atoms with van der Waals surface area (Å²) in [5.41, 5.74) is 22.8. The van der Waals surface area contributed by atoms with Crippen molar-refractivity contribution in [2.75, 3.05) is 4.90 Å². The number of hydrogen-bond acceptors (Lipinski definition) is 3. The van der Waals surface area contributed by atoms with E-state index in [1.807, 2.05) is 17.4 Å². The van der Waals surface area contributed by atoms with Crippen molar-refractivity contribution in [3.63, 3.8) is 0 Å². The van der Waals surface area contributed by atoms with Gasteiger partial charge in [0.05, 0.1) is 0 Å². The minimum absolute atomic E-state index is 0.114. The van der Waals surface area contributed by atoms with Gasteiger partial charge in [-0.25, -0.2) is 0 Å². The van der Waals surface area contributed by atoms with Crippen molar-refractivity contribution in [1.82, 2.24) is 0 Å². The lowest BCUT2D eigenvalue weighted by molar-refractivity contribution is 0.660. The molecule has 0 saturated heterocycles. The van der Waals surface area contributed by atoms with Crippen molar-refractivity contribution < 1.29 is 4.42 Å². The van der Waals surface area contributed by atoms with Crippen LogP contribution in [0.2, 0.25) is 0 Å². The van der Waals surface area contributed by atoms with Gasteiger partial charge in [0.25, 0.3) is 0 Å². The number of para-hydroxylation sites is 2. The van der Waals surface area contributed by atoms with Crippen LogP contribution < -0.4 is 4.90 Å². The van der Waals surface area contributed by atoms with Crippen LogP contribution in [0.1, 0.15) is 49.9 Å². The molecule has 12 aromatic rings. The fraction of sp³-hybridized carbons (Fsp3) is 0.0909. The molecule has 0 aliphatic heterocycles. The molecule has 3 heteroatoms. The van der Waals surface area contributed by atoms with Crippen LogP contribution in [-0.2, 0) is 10.8 Å². The summed E-state index contributed by atoms with van der Waals surface area (Å²) in [5.74, 6) is 0. The number of thiophene rings is 1. The molecule has 0 N–H and O–H groups in total. The summed E-state index contributed by atoms with van der Waals surface area (Å²) < 4.78 is 9.13. The largest absolute Gasteiger partial charge is 0.455 e. The summed E-state index contributed by atoms with van der Waals surface area (Å²) in [4.78, 5) is 2.42. The van der Waals surface area contributed by atoms with Gasteiger partial charge in [-0.3, -0.25) is 0 Å². The maximum Gasteiger partial charge on any atom is 0.143 e. The molecule has 2 aromatic heterocycles. The Morgan fingerprint density at radius 1 is 0.333 bits per heavy atom. The molecule has 328 valence electrons. The Kier molecular flexibility index (Phi) is 8.58. The second-order valence-electron chi connectivity index (χ2n) is 20.1. The van der Waals surface area contributed by atoms with Gasteiger partial charge >= 0.3 is 0 Å². The van der Waals surface area contributed by atoms with E-state index >= 15 is 0 Å². The van der Waals surface area contributed by atoms with E-state index in [-0.39, 0.29) is 10.8 Å². The second-order valence-corrected chi connectivity index (χ2v) is 21.1. The molecule has 0 atom stereocenters. The van der Waals surface area contributed by atoms with Gasteiger partial charge in [-0.2, -0.15) is 0 Å². The molecule has 0 saturated carbocycles. The molecule has 0 bridgehead atoms. The van der Waals surface area contributed by atoms with Gasteiger partial charge in [-0.15, -0.1) is 11.3 Å². The Morgan fingerprint density at radius 3 is 1.67 bits per heavy atom. The van der Waals surface area contributed by atoms with Crippen molar-refractivity contribution in [2.45, 2.75) is 38.5 Å². The van der Waals surface area contributed by atoms with Crippen LogP contribution in [-0.4, -0.2) is 0 Å². The summed E-state index contributed by atoms with van der Waals surface area (Å²) in [5, 5.41) is 4.96. The summed E-state index contributed by atoms with van der Waals surface area (Å²) in [6, 6.07) is 78.8. The van der Waals surface area contributed by atoms with Crippen molar-refractivity contribution in [1.29, 1.82) is 0 Å². The fourth-order valence-electron chi connectivity index (χ4n) is 11.9. The average molecular weight is 902 g/mol. The molecular weight excluding hydrogens is 855 g/mol. The maximum atomic E-state index is 6.49. The van der Waals surface area contributed by atoms with Crippen molar-refractivity contribution in [2.24, 2.45) is 0 Å². The molecule has 2 heterocycles. The van der Waals surface area contributed by atoms with Gasteiger partial charge < -0.3 is 9.32 Å². The third kappa shape index (κ3) is 6.03. The van der Waals surface area contributed by atoms with Gasteiger partial charge in [0.15, 0.2) is 0 Å². The van der Waals surface area contributed by atoms with E-state index in [2.05, 4.69) is 239 Å². The Balaban J connectivity index is 0.826. The third-order valence-electron chi connectivity index (χ3n) is 15.5. The normalized spacial score (nSPS) is 14.0. The first-order valence-electron chi connectivity index (χ1n) is 24.1. The molecule has 0 fully saturated rings.